The van der Waals surface area contributed by atoms with Gasteiger partial charge in [-0.3, -0.25) is 9.89 Å². The number of hydrogen-bond donors (Lipinski definition) is 2. The van der Waals surface area contributed by atoms with Gasteiger partial charge in [-0.25, -0.2) is 4.39 Å². The van der Waals surface area contributed by atoms with Gasteiger partial charge in [0.05, 0.1) is 17.5 Å². The molecule has 2 aromatic carbocycles. The quantitative estimate of drug-likeness (QED) is 0.579. The van der Waals surface area contributed by atoms with E-state index in [-0.39, 0.29) is 11.7 Å². The molecule has 29 heavy (non-hydrogen) atoms. The molecule has 8 heteroatoms. The van der Waals surface area contributed by atoms with Crippen molar-refractivity contribution in [2.45, 2.75) is 5.75 Å². The summed E-state index contributed by atoms with van der Waals surface area (Å²) in [5.41, 5.74) is 2.55. The molecule has 0 saturated heterocycles. The summed E-state index contributed by atoms with van der Waals surface area (Å²) in [7, 11) is 0. The normalized spacial score (nSPS) is 12.6. The SMILES string of the molecule is O=C(NCCSCc1ccccc1F)c1cn[nH]c1-c1ccc2c(c1)OCCO2. The predicted molar refractivity (Wildman–Crippen MR) is 110 cm³/mol. The van der Waals surface area contributed by atoms with Crippen LogP contribution in [0.3, 0.4) is 0 Å². The number of benzene rings is 2. The minimum atomic E-state index is -0.213. The number of nitrogens with zero attached hydrogens (tertiary/aromatic N) is 1. The average Bonchev–Trinajstić information content (AvgIpc) is 3.24. The Bertz CT molecular complexity index is 1010. The number of H-pyrrole nitrogens is 1. The van der Waals surface area contributed by atoms with Crippen LogP contribution in [0.5, 0.6) is 11.5 Å². The van der Waals surface area contributed by atoms with Gasteiger partial charge in [0, 0.05) is 23.6 Å². The van der Waals surface area contributed by atoms with E-state index in [9.17, 15) is 9.18 Å². The molecule has 1 aliphatic heterocycles. The van der Waals surface area contributed by atoms with Crippen LogP contribution in [0.2, 0.25) is 0 Å². The number of aromatic nitrogens is 2. The van der Waals surface area contributed by atoms with E-state index in [4.69, 9.17) is 9.47 Å². The van der Waals surface area contributed by atoms with Crippen molar-refractivity contribution in [3.05, 3.63) is 65.6 Å². The molecule has 0 fully saturated rings. The van der Waals surface area contributed by atoms with Crippen LogP contribution in [-0.4, -0.2) is 41.6 Å². The molecule has 1 aliphatic rings. The minimum Gasteiger partial charge on any atom is -0.486 e. The molecule has 0 radical (unpaired) electrons. The molecule has 2 N–H and O–H groups in total. The monoisotopic (exact) mass is 413 g/mol. The van der Waals surface area contributed by atoms with Crippen LogP contribution in [0.25, 0.3) is 11.3 Å². The molecule has 3 aromatic rings. The van der Waals surface area contributed by atoms with Gasteiger partial charge in [0.1, 0.15) is 19.0 Å². The summed E-state index contributed by atoms with van der Waals surface area (Å²) in [4.78, 5) is 12.6. The van der Waals surface area contributed by atoms with Crippen molar-refractivity contribution in [1.29, 1.82) is 0 Å². The molecule has 0 atom stereocenters. The van der Waals surface area contributed by atoms with Crippen LogP contribution >= 0.6 is 11.8 Å². The number of ether oxygens (including phenoxy) is 2. The Morgan fingerprint density at radius 1 is 1.17 bits per heavy atom. The Hall–Kier alpha value is -3.00. The Balaban J connectivity index is 1.33. The number of fused-ring (bicyclic) bond motifs is 1. The van der Waals surface area contributed by atoms with E-state index in [1.807, 2.05) is 24.3 Å². The molecule has 0 bridgehead atoms. The van der Waals surface area contributed by atoms with Gasteiger partial charge in [-0.05, 0) is 29.8 Å². The number of halogens is 1. The first kappa shape index (κ1) is 19.3. The lowest BCUT2D eigenvalue weighted by Crippen LogP contribution is -2.26. The summed E-state index contributed by atoms with van der Waals surface area (Å²) in [5, 5.41) is 9.79. The van der Waals surface area contributed by atoms with Gasteiger partial charge in [0.15, 0.2) is 11.5 Å². The fourth-order valence-corrected chi connectivity index (χ4v) is 3.85. The molecular formula is C21H20FN3O3S. The van der Waals surface area contributed by atoms with Gasteiger partial charge in [-0.15, -0.1) is 0 Å². The lowest BCUT2D eigenvalue weighted by atomic mass is 10.1. The summed E-state index contributed by atoms with van der Waals surface area (Å²) in [6.45, 7) is 1.50. The highest BCUT2D eigenvalue weighted by Gasteiger charge is 2.18. The molecule has 1 aromatic heterocycles. The molecule has 1 amide bonds. The number of carbonyl (C=O) groups excluding carboxylic acids is 1. The van der Waals surface area contributed by atoms with Crippen molar-refractivity contribution in [3.8, 4) is 22.8 Å². The van der Waals surface area contributed by atoms with Crippen LogP contribution < -0.4 is 14.8 Å². The molecule has 150 valence electrons. The summed E-state index contributed by atoms with van der Waals surface area (Å²) >= 11 is 1.57. The van der Waals surface area contributed by atoms with Crippen LogP contribution in [0.15, 0.2) is 48.7 Å². The molecule has 0 saturated carbocycles. The van der Waals surface area contributed by atoms with Crippen molar-refractivity contribution in [1.82, 2.24) is 15.5 Å². The number of carbonyl (C=O) groups is 1. The summed E-state index contributed by atoms with van der Waals surface area (Å²) in [5.74, 6) is 2.17. The molecule has 2 heterocycles. The molecule has 6 nitrogen and oxygen atoms in total. The first-order valence-electron chi connectivity index (χ1n) is 9.25. The standard InChI is InChI=1S/C21H20FN3O3S/c22-17-4-2-1-3-15(17)13-29-10-7-23-21(26)16-12-24-25-20(16)14-5-6-18-19(11-14)28-9-8-27-18/h1-6,11-12H,7-10,13H2,(H,23,26)(H,24,25). The molecule has 4 rings (SSSR count). The van der Waals surface area contributed by atoms with Gasteiger partial charge in [0.2, 0.25) is 0 Å². The second-order valence-corrected chi connectivity index (χ2v) is 7.52. The molecular weight excluding hydrogens is 393 g/mol. The zero-order valence-electron chi connectivity index (χ0n) is 15.6. The third kappa shape index (κ3) is 4.54. The fourth-order valence-electron chi connectivity index (χ4n) is 3.01. The fraction of sp³-hybridized carbons (Fsp3) is 0.238. The zero-order chi connectivity index (χ0) is 20.1. The smallest absolute Gasteiger partial charge is 0.255 e. The maximum atomic E-state index is 13.6. The van der Waals surface area contributed by atoms with E-state index >= 15 is 0 Å². The second-order valence-electron chi connectivity index (χ2n) is 6.42. The van der Waals surface area contributed by atoms with Crippen molar-refractivity contribution < 1.29 is 18.7 Å². The first-order valence-corrected chi connectivity index (χ1v) is 10.4. The van der Waals surface area contributed by atoms with Crippen LogP contribution in [0.4, 0.5) is 4.39 Å². The maximum absolute atomic E-state index is 13.6. The van der Waals surface area contributed by atoms with E-state index in [1.165, 1.54) is 12.3 Å². The third-order valence-electron chi connectivity index (χ3n) is 4.46. The van der Waals surface area contributed by atoms with E-state index < -0.39 is 0 Å². The molecule has 0 spiro atoms. The summed E-state index contributed by atoms with van der Waals surface area (Å²) < 4.78 is 24.8. The highest BCUT2D eigenvalue weighted by Crippen LogP contribution is 2.34. The van der Waals surface area contributed by atoms with E-state index in [1.54, 1.807) is 23.9 Å². The van der Waals surface area contributed by atoms with Crippen molar-refractivity contribution >= 4 is 17.7 Å². The number of amides is 1. The van der Waals surface area contributed by atoms with Gasteiger partial charge in [0.25, 0.3) is 5.91 Å². The van der Waals surface area contributed by atoms with Crippen LogP contribution in [0, 0.1) is 5.82 Å². The van der Waals surface area contributed by atoms with E-state index in [2.05, 4.69) is 15.5 Å². The van der Waals surface area contributed by atoms with Crippen LogP contribution in [-0.2, 0) is 5.75 Å². The first-order chi connectivity index (χ1) is 14.2. The molecule has 0 aliphatic carbocycles. The summed E-state index contributed by atoms with van der Waals surface area (Å²) in [6.07, 6.45) is 1.51. The second kappa shape index (κ2) is 9.00. The number of aromatic amines is 1. The Kier molecular flexibility index (Phi) is 6.00. The highest BCUT2D eigenvalue weighted by atomic mass is 32.2. The lowest BCUT2D eigenvalue weighted by molar-refractivity contribution is 0.0957. The van der Waals surface area contributed by atoms with Crippen LogP contribution in [0.1, 0.15) is 15.9 Å². The van der Waals surface area contributed by atoms with E-state index in [0.717, 1.165) is 5.56 Å². The van der Waals surface area contributed by atoms with E-state index in [0.29, 0.717) is 59.6 Å². The highest BCUT2D eigenvalue weighted by molar-refractivity contribution is 7.98. The average molecular weight is 413 g/mol. The minimum absolute atomic E-state index is 0.202. The zero-order valence-corrected chi connectivity index (χ0v) is 16.4. The Labute approximate surface area is 171 Å². The largest absolute Gasteiger partial charge is 0.486 e. The van der Waals surface area contributed by atoms with Gasteiger partial charge < -0.3 is 14.8 Å². The summed E-state index contributed by atoms with van der Waals surface area (Å²) in [6, 6.07) is 12.2. The van der Waals surface area contributed by atoms with Crippen molar-refractivity contribution in [2.24, 2.45) is 0 Å². The number of hydrogen-bond acceptors (Lipinski definition) is 5. The van der Waals surface area contributed by atoms with Gasteiger partial charge in [-0.1, -0.05) is 18.2 Å². The number of rotatable bonds is 7. The van der Waals surface area contributed by atoms with Crippen molar-refractivity contribution in [3.63, 3.8) is 0 Å². The van der Waals surface area contributed by atoms with Gasteiger partial charge >= 0.3 is 0 Å². The third-order valence-corrected chi connectivity index (χ3v) is 5.47. The Morgan fingerprint density at radius 2 is 2.00 bits per heavy atom. The maximum Gasteiger partial charge on any atom is 0.255 e. The predicted octanol–water partition coefficient (Wildman–Crippen LogP) is 3.65. The number of nitrogens with one attached hydrogen (secondary N) is 2. The molecule has 0 unspecified atom stereocenters. The Morgan fingerprint density at radius 3 is 2.86 bits per heavy atom. The lowest BCUT2D eigenvalue weighted by Gasteiger charge is -2.18. The van der Waals surface area contributed by atoms with Crippen molar-refractivity contribution in [2.75, 3.05) is 25.5 Å². The topological polar surface area (TPSA) is 76.2 Å². The number of thioether (sulfide) groups is 1. The van der Waals surface area contributed by atoms with Gasteiger partial charge in [-0.2, -0.15) is 16.9 Å².